The molecule has 4 N–H and O–H groups in total. The van der Waals surface area contributed by atoms with Crippen molar-refractivity contribution in [1.29, 1.82) is 0 Å². The number of thioether (sulfide) groups is 1. The number of hydrogen-bond donors (Lipinski definition) is 2. The zero-order valence-corrected chi connectivity index (χ0v) is 13.3. The Morgan fingerprint density at radius 2 is 2.00 bits per heavy atom. The third kappa shape index (κ3) is 2.75. The van der Waals surface area contributed by atoms with E-state index in [9.17, 15) is 9.59 Å². The summed E-state index contributed by atoms with van der Waals surface area (Å²) in [6.45, 7) is -0.165. The van der Waals surface area contributed by atoms with Crippen molar-refractivity contribution < 1.29 is 9.59 Å². The van der Waals surface area contributed by atoms with Crippen molar-refractivity contribution in [2.24, 2.45) is 11.5 Å². The van der Waals surface area contributed by atoms with Crippen LogP contribution in [0.2, 0.25) is 0 Å². The zero-order chi connectivity index (χ0) is 15.7. The summed E-state index contributed by atoms with van der Waals surface area (Å²) in [4.78, 5) is 27.4. The van der Waals surface area contributed by atoms with Crippen LogP contribution in [0.4, 0.5) is 5.69 Å². The van der Waals surface area contributed by atoms with Crippen molar-refractivity contribution in [1.82, 2.24) is 0 Å². The molecule has 0 spiro atoms. The second-order valence-electron chi connectivity index (χ2n) is 4.94. The normalized spacial score (nSPS) is 21.3. The summed E-state index contributed by atoms with van der Waals surface area (Å²) in [7, 11) is 0. The minimum Gasteiger partial charge on any atom is -0.368 e. The molecular formula is C15H15N3O2S2. The standard InChI is InChI=1S/C15H15N3O2S2/c16-12(19)8-18-9-4-1-2-5-10(9)22-14(13(17)15(18)20)11-6-3-7-21-11/h1-7,13-14H,8,17H2,(H2,16,19). The highest BCUT2D eigenvalue weighted by Crippen LogP contribution is 2.46. The fourth-order valence-corrected chi connectivity index (χ4v) is 4.68. The Labute approximate surface area is 136 Å². The number of carbonyl (C=O) groups is 2. The van der Waals surface area contributed by atoms with E-state index in [0.717, 1.165) is 9.77 Å². The highest BCUT2D eigenvalue weighted by molar-refractivity contribution is 8.00. The molecule has 114 valence electrons. The van der Waals surface area contributed by atoms with Crippen molar-refractivity contribution in [3.05, 3.63) is 46.7 Å². The molecule has 2 unspecified atom stereocenters. The van der Waals surface area contributed by atoms with Gasteiger partial charge in [0.2, 0.25) is 11.8 Å². The maximum atomic E-state index is 12.7. The number of benzene rings is 1. The second-order valence-corrected chi connectivity index (χ2v) is 7.10. The second kappa shape index (κ2) is 6.12. The van der Waals surface area contributed by atoms with Crippen LogP contribution in [0.3, 0.4) is 0 Å². The summed E-state index contributed by atoms with van der Waals surface area (Å²) in [5.74, 6) is -0.843. The predicted molar refractivity (Wildman–Crippen MR) is 88.9 cm³/mol. The molecule has 2 atom stereocenters. The number of fused-ring (bicyclic) bond motifs is 1. The van der Waals surface area contributed by atoms with Crippen molar-refractivity contribution in [2.45, 2.75) is 16.2 Å². The maximum Gasteiger partial charge on any atom is 0.245 e. The van der Waals surface area contributed by atoms with Gasteiger partial charge in [0.25, 0.3) is 0 Å². The lowest BCUT2D eigenvalue weighted by Gasteiger charge is -2.24. The minimum absolute atomic E-state index is 0.165. The molecule has 1 aromatic heterocycles. The third-order valence-corrected chi connectivity index (χ3v) is 5.93. The fraction of sp³-hybridized carbons (Fsp3) is 0.200. The lowest BCUT2D eigenvalue weighted by molar-refractivity contribution is -0.123. The van der Waals surface area contributed by atoms with Gasteiger partial charge < -0.3 is 16.4 Å². The summed E-state index contributed by atoms with van der Waals surface area (Å²) in [6.07, 6.45) is 0. The first-order chi connectivity index (χ1) is 10.6. The van der Waals surface area contributed by atoms with Crippen molar-refractivity contribution in [3.8, 4) is 0 Å². The summed E-state index contributed by atoms with van der Waals surface area (Å²) in [5, 5.41) is 1.79. The number of carbonyl (C=O) groups excluding carboxylic acids is 2. The molecule has 0 saturated carbocycles. The molecule has 7 heteroatoms. The van der Waals surface area contributed by atoms with Gasteiger partial charge in [0.15, 0.2) is 0 Å². The van der Waals surface area contributed by atoms with E-state index >= 15 is 0 Å². The van der Waals surface area contributed by atoms with E-state index < -0.39 is 11.9 Å². The van der Waals surface area contributed by atoms with Gasteiger partial charge in [0.1, 0.15) is 12.6 Å². The van der Waals surface area contributed by atoms with Gasteiger partial charge in [0.05, 0.1) is 10.9 Å². The smallest absolute Gasteiger partial charge is 0.245 e. The molecule has 0 aliphatic carbocycles. The summed E-state index contributed by atoms with van der Waals surface area (Å²) in [5.41, 5.74) is 12.2. The van der Waals surface area contributed by atoms with Gasteiger partial charge in [0, 0.05) is 9.77 Å². The molecule has 1 aromatic carbocycles. The van der Waals surface area contributed by atoms with Gasteiger partial charge >= 0.3 is 0 Å². The molecule has 0 radical (unpaired) electrons. The summed E-state index contributed by atoms with van der Waals surface area (Å²) in [6, 6.07) is 10.7. The first-order valence-electron chi connectivity index (χ1n) is 6.72. The van der Waals surface area contributed by atoms with Crippen molar-refractivity contribution in [2.75, 3.05) is 11.4 Å². The predicted octanol–water partition coefficient (Wildman–Crippen LogP) is 1.74. The first-order valence-corrected chi connectivity index (χ1v) is 8.48. The Morgan fingerprint density at radius 1 is 1.23 bits per heavy atom. The average molecular weight is 333 g/mol. The summed E-state index contributed by atoms with van der Waals surface area (Å²) >= 11 is 3.12. The first kappa shape index (κ1) is 15.1. The van der Waals surface area contributed by atoms with Gasteiger partial charge in [-0.3, -0.25) is 9.59 Å². The van der Waals surface area contributed by atoms with Crippen molar-refractivity contribution >= 4 is 40.6 Å². The molecule has 2 amide bonds. The number of anilines is 1. The van der Waals surface area contributed by atoms with Gasteiger partial charge in [-0.05, 0) is 23.6 Å². The summed E-state index contributed by atoms with van der Waals surface area (Å²) < 4.78 is 0. The lowest BCUT2D eigenvalue weighted by atomic mass is 10.1. The molecule has 0 fully saturated rings. The van der Waals surface area contributed by atoms with Crippen LogP contribution in [0.25, 0.3) is 0 Å². The van der Waals surface area contributed by atoms with E-state index in [-0.39, 0.29) is 17.7 Å². The van der Waals surface area contributed by atoms with Crippen LogP contribution in [0.5, 0.6) is 0 Å². The molecule has 0 saturated heterocycles. The Balaban J connectivity index is 2.07. The molecule has 5 nitrogen and oxygen atoms in total. The van der Waals surface area contributed by atoms with E-state index in [0.29, 0.717) is 5.69 Å². The third-order valence-electron chi connectivity index (χ3n) is 3.42. The molecule has 0 bridgehead atoms. The van der Waals surface area contributed by atoms with Crippen LogP contribution in [-0.4, -0.2) is 24.4 Å². The fourth-order valence-electron chi connectivity index (χ4n) is 2.43. The van der Waals surface area contributed by atoms with E-state index in [1.165, 1.54) is 4.90 Å². The number of amides is 2. The number of thiophene rings is 1. The van der Waals surface area contributed by atoms with Crippen LogP contribution >= 0.6 is 23.1 Å². The highest BCUT2D eigenvalue weighted by Gasteiger charge is 2.36. The van der Waals surface area contributed by atoms with Gasteiger partial charge in [-0.1, -0.05) is 18.2 Å². The lowest BCUT2D eigenvalue weighted by Crippen LogP contribution is -2.48. The monoisotopic (exact) mass is 333 g/mol. The van der Waals surface area contributed by atoms with E-state index in [1.807, 2.05) is 41.8 Å². The number of rotatable bonds is 3. The van der Waals surface area contributed by atoms with Gasteiger partial charge in [-0.2, -0.15) is 0 Å². The minimum atomic E-state index is -0.726. The molecule has 2 aromatic rings. The maximum absolute atomic E-state index is 12.7. The van der Waals surface area contributed by atoms with E-state index in [2.05, 4.69) is 0 Å². The van der Waals surface area contributed by atoms with E-state index in [4.69, 9.17) is 11.5 Å². The Morgan fingerprint density at radius 3 is 2.68 bits per heavy atom. The molecular weight excluding hydrogens is 318 g/mol. The Hall–Kier alpha value is -1.83. The molecule has 2 heterocycles. The molecule has 22 heavy (non-hydrogen) atoms. The quantitative estimate of drug-likeness (QED) is 0.895. The Kier molecular flexibility index (Phi) is 4.19. The highest BCUT2D eigenvalue weighted by atomic mass is 32.2. The average Bonchev–Trinajstić information content (AvgIpc) is 3.00. The number of primary amides is 1. The molecule has 1 aliphatic heterocycles. The largest absolute Gasteiger partial charge is 0.368 e. The van der Waals surface area contributed by atoms with Crippen LogP contribution < -0.4 is 16.4 Å². The Bertz CT molecular complexity index is 703. The number of hydrogen-bond acceptors (Lipinski definition) is 5. The van der Waals surface area contributed by atoms with Crippen LogP contribution in [0, 0.1) is 0 Å². The number of nitrogens with zero attached hydrogens (tertiary/aromatic N) is 1. The van der Waals surface area contributed by atoms with Gasteiger partial charge in [-0.15, -0.1) is 23.1 Å². The number of nitrogens with two attached hydrogens (primary N) is 2. The molecule has 3 rings (SSSR count). The van der Waals surface area contributed by atoms with E-state index in [1.54, 1.807) is 23.1 Å². The van der Waals surface area contributed by atoms with Crippen LogP contribution in [0.15, 0.2) is 46.7 Å². The molecule has 1 aliphatic rings. The van der Waals surface area contributed by atoms with Crippen LogP contribution in [0.1, 0.15) is 10.1 Å². The van der Waals surface area contributed by atoms with Gasteiger partial charge in [-0.25, -0.2) is 0 Å². The van der Waals surface area contributed by atoms with Crippen molar-refractivity contribution in [3.63, 3.8) is 0 Å². The van der Waals surface area contributed by atoms with Crippen LogP contribution in [-0.2, 0) is 9.59 Å². The number of para-hydroxylation sites is 1. The topological polar surface area (TPSA) is 89.4 Å². The zero-order valence-electron chi connectivity index (χ0n) is 11.6. The SMILES string of the molecule is NC(=O)CN1C(=O)C(N)C(c2cccs2)Sc2ccccc21.